The highest BCUT2D eigenvalue weighted by molar-refractivity contribution is 7.71. The van der Waals surface area contributed by atoms with Gasteiger partial charge in [0.05, 0.1) is 5.52 Å². The second-order valence-electron chi connectivity index (χ2n) is 6.60. The molecule has 2 aromatic rings. The molecule has 0 saturated heterocycles. The van der Waals surface area contributed by atoms with Crippen LogP contribution in [-0.2, 0) is 0 Å². The lowest BCUT2D eigenvalue weighted by Crippen LogP contribution is -2.25. The van der Waals surface area contributed by atoms with Crippen molar-refractivity contribution in [1.29, 1.82) is 0 Å². The minimum atomic E-state index is 0.409. The Kier molecular flexibility index (Phi) is 3.01. The van der Waals surface area contributed by atoms with E-state index < -0.39 is 0 Å². The molecule has 0 aromatic carbocycles. The highest BCUT2D eigenvalue weighted by Gasteiger charge is 2.30. The SMILES string of the molecule is Cc1cnc2c(c1)[nH]c(=S)n2C1CCCC(C)(C)C1. The summed E-state index contributed by atoms with van der Waals surface area (Å²) >= 11 is 5.52. The van der Waals surface area contributed by atoms with Gasteiger partial charge in [-0.1, -0.05) is 20.3 Å². The quantitative estimate of drug-likeness (QED) is 0.775. The number of rotatable bonds is 1. The van der Waals surface area contributed by atoms with Crippen molar-refractivity contribution in [3.05, 3.63) is 22.6 Å². The fourth-order valence-electron chi connectivity index (χ4n) is 3.33. The predicted octanol–water partition coefficient (Wildman–Crippen LogP) is 4.54. The molecule has 4 heteroatoms. The molecule has 19 heavy (non-hydrogen) atoms. The molecule has 1 aliphatic carbocycles. The van der Waals surface area contributed by atoms with Gasteiger partial charge in [0.2, 0.25) is 0 Å². The standard InChI is InChI=1S/C15H21N3S/c1-10-7-12-13(16-9-10)18(14(19)17-12)11-5-4-6-15(2,3)8-11/h7,9,11H,4-6,8H2,1-3H3,(H,17,19). The Morgan fingerprint density at radius 1 is 1.47 bits per heavy atom. The van der Waals surface area contributed by atoms with E-state index in [-0.39, 0.29) is 0 Å². The molecule has 102 valence electrons. The van der Waals surface area contributed by atoms with Gasteiger partial charge in [0.15, 0.2) is 10.4 Å². The number of fused-ring (bicyclic) bond motifs is 1. The summed E-state index contributed by atoms with van der Waals surface area (Å²) in [6, 6.07) is 2.61. The van der Waals surface area contributed by atoms with Crippen LogP contribution in [0.1, 0.15) is 51.1 Å². The molecule has 1 atom stereocenters. The summed E-state index contributed by atoms with van der Waals surface area (Å²) in [5, 5.41) is 0. The fourth-order valence-corrected chi connectivity index (χ4v) is 3.68. The average Bonchev–Trinajstić information content (AvgIpc) is 2.62. The summed E-state index contributed by atoms with van der Waals surface area (Å²) in [6.45, 7) is 6.77. The van der Waals surface area contributed by atoms with Crippen molar-refractivity contribution in [1.82, 2.24) is 14.5 Å². The molecule has 2 aromatic heterocycles. The van der Waals surface area contributed by atoms with Gasteiger partial charge in [0, 0.05) is 12.2 Å². The van der Waals surface area contributed by atoms with Crippen molar-refractivity contribution in [2.45, 2.75) is 52.5 Å². The number of imidazole rings is 1. The minimum Gasteiger partial charge on any atom is -0.329 e. The monoisotopic (exact) mass is 275 g/mol. The zero-order valence-electron chi connectivity index (χ0n) is 11.9. The maximum atomic E-state index is 5.52. The van der Waals surface area contributed by atoms with Crippen LogP contribution in [-0.4, -0.2) is 14.5 Å². The number of aromatic nitrogens is 3. The molecule has 1 unspecified atom stereocenters. The fraction of sp³-hybridized carbons (Fsp3) is 0.600. The highest BCUT2D eigenvalue weighted by atomic mass is 32.1. The summed E-state index contributed by atoms with van der Waals surface area (Å²) < 4.78 is 3.06. The zero-order valence-corrected chi connectivity index (χ0v) is 12.7. The molecule has 0 amide bonds. The lowest BCUT2D eigenvalue weighted by atomic mass is 9.75. The number of hydrogen-bond donors (Lipinski definition) is 1. The third kappa shape index (κ3) is 2.34. The molecule has 1 aliphatic rings. The molecule has 2 heterocycles. The molecule has 0 bridgehead atoms. The van der Waals surface area contributed by atoms with Gasteiger partial charge in [0.25, 0.3) is 0 Å². The van der Waals surface area contributed by atoms with Crippen LogP contribution in [0.25, 0.3) is 11.2 Å². The van der Waals surface area contributed by atoms with E-state index in [4.69, 9.17) is 12.2 Å². The molecule has 0 aliphatic heterocycles. The van der Waals surface area contributed by atoms with E-state index in [0.717, 1.165) is 15.9 Å². The molecular weight excluding hydrogens is 254 g/mol. The van der Waals surface area contributed by atoms with Crippen LogP contribution in [0.3, 0.4) is 0 Å². The van der Waals surface area contributed by atoms with Crippen LogP contribution in [0.4, 0.5) is 0 Å². The first-order valence-electron chi connectivity index (χ1n) is 7.03. The van der Waals surface area contributed by atoms with E-state index in [2.05, 4.69) is 41.4 Å². The van der Waals surface area contributed by atoms with Crippen LogP contribution in [0.2, 0.25) is 0 Å². The number of pyridine rings is 1. The summed E-state index contributed by atoms with van der Waals surface area (Å²) in [5.41, 5.74) is 3.65. The van der Waals surface area contributed by atoms with E-state index >= 15 is 0 Å². The van der Waals surface area contributed by atoms with Gasteiger partial charge >= 0.3 is 0 Å². The molecule has 1 fully saturated rings. The second-order valence-corrected chi connectivity index (χ2v) is 6.99. The van der Waals surface area contributed by atoms with Crippen molar-refractivity contribution in [2.24, 2.45) is 5.41 Å². The van der Waals surface area contributed by atoms with Crippen LogP contribution in [0.15, 0.2) is 12.3 Å². The number of nitrogens with zero attached hydrogens (tertiary/aromatic N) is 2. The lowest BCUT2D eigenvalue weighted by Gasteiger charge is -2.35. The highest BCUT2D eigenvalue weighted by Crippen LogP contribution is 2.41. The number of nitrogens with one attached hydrogen (secondary N) is 1. The molecule has 3 nitrogen and oxygen atoms in total. The van der Waals surface area contributed by atoms with Crippen LogP contribution in [0, 0.1) is 17.1 Å². The van der Waals surface area contributed by atoms with Gasteiger partial charge < -0.3 is 4.98 Å². The van der Waals surface area contributed by atoms with E-state index in [1.807, 2.05) is 6.20 Å². The number of aromatic amines is 1. The van der Waals surface area contributed by atoms with Gasteiger partial charge in [-0.3, -0.25) is 4.57 Å². The molecule has 0 spiro atoms. The van der Waals surface area contributed by atoms with Crippen molar-refractivity contribution in [3.8, 4) is 0 Å². The second kappa shape index (κ2) is 4.44. The first-order valence-corrected chi connectivity index (χ1v) is 7.44. The third-order valence-corrected chi connectivity index (χ3v) is 4.53. The molecule has 0 radical (unpaired) electrons. The van der Waals surface area contributed by atoms with Crippen molar-refractivity contribution < 1.29 is 0 Å². The summed E-state index contributed by atoms with van der Waals surface area (Å²) in [5.74, 6) is 0. The van der Waals surface area contributed by atoms with Crippen molar-refractivity contribution in [2.75, 3.05) is 0 Å². The maximum absolute atomic E-state index is 5.52. The minimum absolute atomic E-state index is 0.409. The molecular formula is C15H21N3S. The largest absolute Gasteiger partial charge is 0.329 e. The Morgan fingerprint density at radius 3 is 3.00 bits per heavy atom. The van der Waals surface area contributed by atoms with Gasteiger partial charge in [-0.25, -0.2) is 4.98 Å². The summed E-state index contributed by atoms with van der Waals surface area (Å²) in [6.07, 6.45) is 6.91. The molecule has 3 rings (SSSR count). The van der Waals surface area contributed by atoms with Gasteiger partial charge in [-0.05, 0) is 55.4 Å². The van der Waals surface area contributed by atoms with Crippen molar-refractivity contribution in [3.63, 3.8) is 0 Å². The van der Waals surface area contributed by atoms with E-state index in [9.17, 15) is 0 Å². The van der Waals surface area contributed by atoms with Crippen molar-refractivity contribution >= 4 is 23.4 Å². The number of hydrogen-bond acceptors (Lipinski definition) is 2. The van der Waals surface area contributed by atoms with Crippen LogP contribution >= 0.6 is 12.2 Å². The molecule has 1 saturated carbocycles. The predicted molar refractivity (Wildman–Crippen MR) is 80.9 cm³/mol. The maximum Gasteiger partial charge on any atom is 0.179 e. The Bertz CT molecular complexity index is 666. The normalized spacial score (nSPS) is 22.8. The number of aryl methyl sites for hydroxylation is 1. The van der Waals surface area contributed by atoms with Crippen LogP contribution < -0.4 is 0 Å². The summed E-state index contributed by atoms with van der Waals surface area (Å²) in [7, 11) is 0. The first kappa shape index (κ1) is 12.9. The first-order chi connectivity index (χ1) is 8.96. The van der Waals surface area contributed by atoms with Gasteiger partial charge in [0.1, 0.15) is 0 Å². The Balaban J connectivity index is 2.09. The average molecular weight is 275 g/mol. The van der Waals surface area contributed by atoms with Gasteiger partial charge in [-0.15, -0.1) is 0 Å². The Labute approximate surface area is 119 Å². The topological polar surface area (TPSA) is 33.6 Å². The van der Waals surface area contributed by atoms with E-state index in [1.54, 1.807) is 0 Å². The summed E-state index contributed by atoms with van der Waals surface area (Å²) in [4.78, 5) is 7.90. The zero-order chi connectivity index (χ0) is 13.6. The van der Waals surface area contributed by atoms with Gasteiger partial charge in [-0.2, -0.15) is 0 Å². The Morgan fingerprint density at radius 2 is 2.26 bits per heavy atom. The smallest absolute Gasteiger partial charge is 0.179 e. The third-order valence-electron chi connectivity index (χ3n) is 4.24. The lowest BCUT2D eigenvalue weighted by molar-refractivity contribution is 0.184. The molecule has 1 N–H and O–H groups in total. The Hall–Kier alpha value is -1.16. The number of H-pyrrole nitrogens is 1. The van der Waals surface area contributed by atoms with E-state index in [1.165, 1.54) is 31.2 Å². The van der Waals surface area contributed by atoms with Crippen LogP contribution in [0.5, 0.6) is 0 Å². The van der Waals surface area contributed by atoms with E-state index in [0.29, 0.717) is 11.5 Å².